The van der Waals surface area contributed by atoms with Crippen LogP contribution in [0.15, 0.2) is 22.9 Å². The molecule has 17 heavy (non-hydrogen) atoms. The molecule has 5 heteroatoms. The Labute approximate surface area is 108 Å². The predicted molar refractivity (Wildman–Crippen MR) is 66.2 cm³/mol. The first-order chi connectivity index (χ1) is 8.22. The van der Waals surface area contributed by atoms with E-state index in [2.05, 4.69) is 27.0 Å². The average molecular weight is 294 g/mol. The largest absolute Gasteiger partial charge is 0.323 e. The normalized spacial score (nSPS) is 19.8. The Balaban J connectivity index is 2.18. The van der Waals surface area contributed by atoms with Crippen molar-refractivity contribution in [1.82, 2.24) is 9.88 Å². The summed E-state index contributed by atoms with van der Waals surface area (Å²) in [6.07, 6.45) is 4.29. The van der Waals surface area contributed by atoms with Gasteiger partial charge >= 0.3 is 0 Å². The van der Waals surface area contributed by atoms with Crippen molar-refractivity contribution in [3.8, 4) is 6.07 Å². The lowest BCUT2D eigenvalue weighted by atomic mass is 10.0. The van der Waals surface area contributed by atoms with Crippen LogP contribution in [-0.2, 0) is 0 Å². The van der Waals surface area contributed by atoms with Gasteiger partial charge in [-0.15, -0.1) is 0 Å². The number of nitrogens with zero attached hydrogens (tertiary/aromatic N) is 3. The van der Waals surface area contributed by atoms with E-state index in [-0.39, 0.29) is 11.9 Å². The molecule has 0 bridgehead atoms. The first kappa shape index (κ1) is 12.1. The van der Waals surface area contributed by atoms with Crippen molar-refractivity contribution in [2.75, 3.05) is 6.54 Å². The van der Waals surface area contributed by atoms with Crippen LogP contribution in [0.3, 0.4) is 0 Å². The number of carbonyl (C=O) groups is 1. The SMILES string of the molecule is N#CC1CCCCN1C(=O)c1ccc(Br)nc1. The quantitative estimate of drug-likeness (QED) is 0.747. The second-order valence-electron chi connectivity index (χ2n) is 4.01. The first-order valence-electron chi connectivity index (χ1n) is 5.54. The fourth-order valence-corrected chi connectivity index (χ4v) is 2.21. The smallest absolute Gasteiger partial charge is 0.256 e. The minimum absolute atomic E-state index is 0.101. The fraction of sp³-hybridized carbons (Fsp3) is 0.417. The highest BCUT2D eigenvalue weighted by atomic mass is 79.9. The van der Waals surface area contributed by atoms with Gasteiger partial charge in [-0.05, 0) is 47.3 Å². The average Bonchev–Trinajstić information content (AvgIpc) is 2.39. The number of carbonyl (C=O) groups excluding carboxylic acids is 1. The molecule has 0 aromatic carbocycles. The number of pyridine rings is 1. The molecule has 0 radical (unpaired) electrons. The molecule has 1 aromatic heterocycles. The van der Waals surface area contributed by atoms with E-state index in [1.807, 2.05) is 0 Å². The van der Waals surface area contributed by atoms with Crippen LogP contribution in [0.2, 0.25) is 0 Å². The summed E-state index contributed by atoms with van der Waals surface area (Å²) >= 11 is 3.23. The maximum absolute atomic E-state index is 12.2. The third-order valence-corrected chi connectivity index (χ3v) is 3.36. The third-order valence-electron chi connectivity index (χ3n) is 2.89. The number of hydrogen-bond acceptors (Lipinski definition) is 3. The Morgan fingerprint density at radius 2 is 2.35 bits per heavy atom. The van der Waals surface area contributed by atoms with Crippen LogP contribution in [0.5, 0.6) is 0 Å². The van der Waals surface area contributed by atoms with E-state index in [4.69, 9.17) is 5.26 Å². The van der Waals surface area contributed by atoms with Crippen molar-refractivity contribution in [1.29, 1.82) is 5.26 Å². The molecule has 0 N–H and O–H groups in total. The number of rotatable bonds is 1. The van der Waals surface area contributed by atoms with Gasteiger partial charge in [0, 0.05) is 12.7 Å². The fourth-order valence-electron chi connectivity index (χ4n) is 1.98. The molecule has 2 rings (SSSR count). The number of likely N-dealkylation sites (tertiary alicyclic amines) is 1. The summed E-state index contributed by atoms with van der Waals surface area (Å²) in [4.78, 5) is 17.9. The Morgan fingerprint density at radius 3 is 3.00 bits per heavy atom. The molecule has 1 atom stereocenters. The van der Waals surface area contributed by atoms with Crippen molar-refractivity contribution in [3.63, 3.8) is 0 Å². The molecule has 4 nitrogen and oxygen atoms in total. The minimum atomic E-state index is -0.292. The third kappa shape index (κ3) is 2.64. The molecule has 88 valence electrons. The van der Waals surface area contributed by atoms with Crippen LogP contribution in [0.1, 0.15) is 29.6 Å². The summed E-state index contributed by atoms with van der Waals surface area (Å²) in [7, 11) is 0. The minimum Gasteiger partial charge on any atom is -0.323 e. The van der Waals surface area contributed by atoms with E-state index in [9.17, 15) is 4.79 Å². The van der Waals surface area contributed by atoms with Gasteiger partial charge in [0.05, 0.1) is 11.6 Å². The zero-order chi connectivity index (χ0) is 12.3. The summed E-state index contributed by atoms with van der Waals surface area (Å²) in [5.41, 5.74) is 0.537. The molecule has 1 aromatic rings. The zero-order valence-corrected chi connectivity index (χ0v) is 10.9. The predicted octanol–water partition coefficient (Wildman–Crippen LogP) is 2.36. The summed E-state index contributed by atoms with van der Waals surface area (Å²) in [5.74, 6) is -0.101. The van der Waals surface area contributed by atoms with E-state index < -0.39 is 0 Å². The Hall–Kier alpha value is -1.41. The molecular weight excluding hydrogens is 282 g/mol. The summed E-state index contributed by atoms with van der Waals surface area (Å²) in [6.45, 7) is 0.660. The number of hydrogen-bond donors (Lipinski definition) is 0. The van der Waals surface area contributed by atoms with E-state index in [1.165, 1.54) is 6.20 Å². The van der Waals surface area contributed by atoms with Gasteiger partial charge in [-0.1, -0.05) is 0 Å². The molecule has 1 saturated heterocycles. The van der Waals surface area contributed by atoms with Crippen molar-refractivity contribution < 1.29 is 4.79 Å². The molecule has 0 saturated carbocycles. The molecule has 2 heterocycles. The van der Waals surface area contributed by atoms with Gasteiger partial charge in [0.15, 0.2) is 0 Å². The summed E-state index contributed by atoms with van der Waals surface area (Å²) in [6, 6.07) is 5.36. The highest BCUT2D eigenvalue weighted by Crippen LogP contribution is 2.19. The first-order valence-corrected chi connectivity index (χ1v) is 6.34. The standard InChI is InChI=1S/C12H12BrN3O/c13-11-5-4-9(8-15-11)12(17)16-6-2-1-3-10(16)7-14/h4-5,8,10H,1-3,6H2. The highest BCUT2D eigenvalue weighted by molar-refractivity contribution is 9.10. The van der Waals surface area contributed by atoms with Crippen molar-refractivity contribution in [3.05, 3.63) is 28.5 Å². The van der Waals surface area contributed by atoms with Gasteiger partial charge in [-0.25, -0.2) is 4.98 Å². The number of amides is 1. The van der Waals surface area contributed by atoms with E-state index in [0.717, 1.165) is 19.3 Å². The lowest BCUT2D eigenvalue weighted by molar-refractivity contribution is 0.0670. The lowest BCUT2D eigenvalue weighted by Crippen LogP contribution is -2.42. The number of halogens is 1. The van der Waals surface area contributed by atoms with Crippen LogP contribution in [0.4, 0.5) is 0 Å². The van der Waals surface area contributed by atoms with Crippen LogP contribution in [0.25, 0.3) is 0 Å². The van der Waals surface area contributed by atoms with Gasteiger partial charge < -0.3 is 4.90 Å². The molecule has 0 spiro atoms. The van der Waals surface area contributed by atoms with Crippen molar-refractivity contribution in [2.45, 2.75) is 25.3 Å². The monoisotopic (exact) mass is 293 g/mol. The molecule has 1 fully saturated rings. The molecule has 1 unspecified atom stereocenters. The van der Waals surface area contributed by atoms with Gasteiger partial charge in [0.1, 0.15) is 10.6 Å². The maximum Gasteiger partial charge on any atom is 0.256 e. The van der Waals surface area contributed by atoms with Crippen LogP contribution in [0, 0.1) is 11.3 Å². The topological polar surface area (TPSA) is 57.0 Å². The van der Waals surface area contributed by atoms with E-state index >= 15 is 0 Å². The van der Waals surface area contributed by atoms with Gasteiger partial charge in [0.25, 0.3) is 5.91 Å². The zero-order valence-electron chi connectivity index (χ0n) is 9.27. The maximum atomic E-state index is 12.2. The molecule has 1 aliphatic heterocycles. The Kier molecular flexibility index (Phi) is 3.75. The van der Waals surface area contributed by atoms with Gasteiger partial charge in [-0.2, -0.15) is 5.26 Å². The van der Waals surface area contributed by atoms with Gasteiger partial charge in [0.2, 0.25) is 0 Å². The molecular formula is C12H12BrN3O. The number of nitriles is 1. The molecule has 1 amide bonds. The lowest BCUT2D eigenvalue weighted by Gasteiger charge is -2.31. The highest BCUT2D eigenvalue weighted by Gasteiger charge is 2.27. The van der Waals surface area contributed by atoms with E-state index in [1.54, 1.807) is 17.0 Å². The number of aromatic nitrogens is 1. The van der Waals surface area contributed by atoms with Crippen LogP contribution < -0.4 is 0 Å². The Morgan fingerprint density at radius 1 is 1.53 bits per heavy atom. The van der Waals surface area contributed by atoms with E-state index in [0.29, 0.717) is 16.7 Å². The second-order valence-corrected chi connectivity index (χ2v) is 4.82. The van der Waals surface area contributed by atoms with Crippen LogP contribution in [-0.4, -0.2) is 28.4 Å². The number of piperidine rings is 1. The van der Waals surface area contributed by atoms with Gasteiger partial charge in [-0.3, -0.25) is 4.79 Å². The van der Waals surface area contributed by atoms with Crippen molar-refractivity contribution >= 4 is 21.8 Å². The molecule has 1 aliphatic rings. The summed E-state index contributed by atoms with van der Waals surface area (Å²) < 4.78 is 0.699. The Bertz CT molecular complexity index is 452. The van der Waals surface area contributed by atoms with Crippen LogP contribution >= 0.6 is 15.9 Å². The van der Waals surface area contributed by atoms with Crippen molar-refractivity contribution in [2.24, 2.45) is 0 Å². The molecule has 0 aliphatic carbocycles. The second kappa shape index (κ2) is 5.28. The summed E-state index contributed by atoms with van der Waals surface area (Å²) in [5, 5.41) is 9.03.